The Morgan fingerprint density at radius 3 is 2.12 bits per heavy atom. The van der Waals surface area contributed by atoms with Gasteiger partial charge in [-0.1, -0.05) is 13.8 Å². The molecule has 0 aromatic heterocycles. The van der Waals surface area contributed by atoms with Gasteiger partial charge in [-0.15, -0.1) is 0 Å². The van der Waals surface area contributed by atoms with Gasteiger partial charge >= 0.3 is 5.97 Å². The first-order valence-corrected chi connectivity index (χ1v) is 6.84. The third kappa shape index (κ3) is 2.36. The van der Waals surface area contributed by atoms with Crippen LogP contribution in [0.4, 0.5) is 0 Å². The van der Waals surface area contributed by atoms with Crippen LogP contribution in [0.2, 0.25) is 0 Å². The number of nitrogens with one attached hydrogen (secondary N) is 1. The molecule has 0 aromatic rings. The minimum atomic E-state index is -3.68. The molecule has 0 aliphatic heterocycles. The highest BCUT2D eigenvalue weighted by atomic mass is 32.2. The molecule has 0 aromatic carbocycles. The molecule has 2 N–H and O–H groups in total. The first-order valence-electron chi connectivity index (χ1n) is 5.40. The lowest BCUT2D eigenvalue weighted by molar-refractivity contribution is -0.147. The Kier molecular flexibility index (Phi) is 3.92. The molecule has 0 amide bonds. The molecule has 0 heterocycles. The highest BCUT2D eigenvalue weighted by molar-refractivity contribution is 7.87. The van der Waals surface area contributed by atoms with Gasteiger partial charge in [0, 0.05) is 13.1 Å². The summed E-state index contributed by atoms with van der Waals surface area (Å²) in [4.78, 5) is 11.0. The molecule has 7 heteroatoms. The van der Waals surface area contributed by atoms with E-state index in [1.807, 2.05) is 0 Å². The number of carboxylic acids is 1. The van der Waals surface area contributed by atoms with Crippen LogP contribution in [-0.2, 0) is 15.0 Å². The molecule has 6 nitrogen and oxygen atoms in total. The fourth-order valence-corrected chi connectivity index (χ4v) is 3.36. The van der Waals surface area contributed by atoms with Crippen molar-refractivity contribution < 1.29 is 18.3 Å². The molecular weight excluding hydrogens is 232 g/mol. The Bertz CT molecular complexity index is 358. The van der Waals surface area contributed by atoms with Crippen molar-refractivity contribution in [2.45, 2.75) is 38.6 Å². The van der Waals surface area contributed by atoms with E-state index in [2.05, 4.69) is 4.72 Å². The fraction of sp³-hybridized carbons (Fsp3) is 0.889. The summed E-state index contributed by atoms with van der Waals surface area (Å²) in [6, 6.07) is 0. The number of carboxylic acid groups (broad SMARTS) is 1. The summed E-state index contributed by atoms with van der Waals surface area (Å²) in [5, 5.41) is 9.03. The van der Waals surface area contributed by atoms with Crippen LogP contribution in [0.3, 0.4) is 0 Å². The molecule has 0 spiro atoms. The molecule has 0 atom stereocenters. The lowest BCUT2D eigenvalue weighted by Crippen LogP contribution is -2.61. The van der Waals surface area contributed by atoms with Gasteiger partial charge in [-0.05, 0) is 19.3 Å². The van der Waals surface area contributed by atoms with E-state index in [-0.39, 0.29) is 0 Å². The maximum Gasteiger partial charge on any atom is 0.324 e. The van der Waals surface area contributed by atoms with Gasteiger partial charge in [0.25, 0.3) is 10.2 Å². The molecule has 0 bridgehead atoms. The van der Waals surface area contributed by atoms with E-state index >= 15 is 0 Å². The smallest absolute Gasteiger partial charge is 0.324 e. The van der Waals surface area contributed by atoms with Crippen molar-refractivity contribution in [1.29, 1.82) is 0 Å². The summed E-state index contributed by atoms with van der Waals surface area (Å²) in [5.41, 5.74) is -1.28. The highest BCUT2D eigenvalue weighted by Crippen LogP contribution is 2.33. The van der Waals surface area contributed by atoms with Crippen LogP contribution in [0, 0.1) is 0 Å². The predicted octanol–water partition coefficient (Wildman–Crippen LogP) is 0.170. The Labute approximate surface area is 95.8 Å². The van der Waals surface area contributed by atoms with E-state index in [0.29, 0.717) is 25.9 Å². The standard InChI is InChI=1S/C9H18N2O4S/c1-3-11(4-2)16(14,15)10-9(8(12)13)6-5-7-9/h10H,3-7H2,1-2H3,(H,12,13). The SMILES string of the molecule is CCN(CC)S(=O)(=O)NC1(C(=O)O)CCC1. The van der Waals surface area contributed by atoms with Crippen molar-refractivity contribution >= 4 is 16.2 Å². The first-order chi connectivity index (χ1) is 7.38. The number of carbonyl (C=O) groups is 1. The molecule has 0 unspecified atom stereocenters. The lowest BCUT2D eigenvalue weighted by atomic mass is 9.78. The number of hydrogen-bond donors (Lipinski definition) is 2. The second-order valence-corrected chi connectivity index (χ2v) is 5.60. The van der Waals surface area contributed by atoms with Gasteiger partial charge in [0.2, 0.25) is 0 Å². The van der Waals surface area contributed by atoms with E-state index in [1.165, 1.54) is 4.31 Å². The number of rotatable bonds is 6. The molecular formula is C9H18N2O4S. The van der Waals surface area contributed by atoms with Crippen molar-refractivity contribution in [2.75, 3.05) is 13.1 Å². The normalized spacial score (nSPS) is 19.4. The maximum absolute atomic E-state index is 11.9. The van der Waals surface area contributed by atoms with Crippen molar-refractivity contribution in [3.05, 3.63) is 0 Å². The Hall–Kier alpha value is -0.660. The minimum absolute atomic E-state index is 0.335. The molecule has 1 aliphatic carbocycles. The number of aliphatic carboxylic acids is 1. The first kappa shape index (κ1) is 13.4. The lowest BCUT2D eigenvalue weighted by Gasteiger charge is -2.39. The van der Waals surface area contributed by atoms with Gasteiger partial charge in [-0.2, -0.15) is 17.4 Å². The molecule has 1 saturated carbocycles. The Morgan fingerprint density at radius 1 is 1.38 bits per heavy atom. The maximum atomic E-state index is 11.9. The average Bonchev–Trinajstić information content (AvgIpc) is 2.12. The van der Waals surface area contributed by atoms with Gasteiger partial charge in [0.05, 0.1) is 0 Å². The van der Waals surface area contributed by atoms with Crippen molar-refractivity contribution in [2.24, 2.45) is 0 Å². The monoisotopic (exact) mass is 250 g/mol. The molecule has 0 saturated heterocycles. The third-order valence-electron chi connectivity index (χ3n) is 2.99. The molecule has 0 radical (unpaired) electrons. The van der Waals surface area contributed by atoms with Crippen LogP contribution >= 0.6 is 0 Å². The highest BCUT2D eigenvalue weighted by Gasteiger charge is 2.48. The summed E-state index contributed by atoms with van der Waals surface area (Å²) in [6.07, 6.45) is 1.47. The van der Waals surface area contributed by atoms with Crippen LogP contribution in [0.15, 0.2) is 0 Å². The van der Waals surface area contributed by atoms with Gasteiger partial charge in [0.1, 0.15) is 5.54 Å². The number of nitrogens with zero attached hydrogens (tertiary/aromatic N) is 1. The topological polar surface area (TPSA) is 86.7 Å². The second-order valence-electron chi connectivity index (χ2n) is 3.93. The predicted molar refractivity (Wildman–Crippen MR) is 59.2 cm³/mol. The van der Waals surface area contributed by atoms with E-state index in [9.17, 15) is 13.2 Å². The summed E-state index contributed by atoms with van der Waals surface area (Å²) in [7, 11) is -3.68. The minimum Gasteiger partial charge on any atom is -0.480 e. The fourth-order valence-electron chi connectivity index (χ4n) is 1.76. The van der Waals surface area contributed by atoms with Gasteiger partial charge in [0.15, 0.2) is 0 Å². The summed E-state index contributed by atoms with van der Waals surface area (Å²) >= 11 is 0. The molecule has 1 fully saturated rings. The van der Waals surface area contributed by atoms with Crippen LogP contribution in [0.1, 0.15) is 33.1 Å². The zero-order chi connectivity index (χ0) is 12.4. The summed E-state index contributed by atoms with van der Waals surface area (Å²) in [6.45, 7) is 4.11. The van der Waals surface area contributed by atoms with E-state index < -0.39 is 21.7 Å². The average molecular weight is 250 g/mol. The van der Waals surface area contributed by atoms with Crippen LogP contribution in [0.25, 0.3) is 0 Å². The van der Waals surface area contributed by atoms with E-state index in [1.54, 1.807) is 13.8 Å². The largest absolute Gasteiger partial charge is 0.480 e. The van der Waals surface area contributed by atoms with Crippen molar-refractivity contribution in [3.8, 4) is 0 Å². The molecule has 94 valence electrons. The quantitative estimate of drug-likeness (QED) is 0.703. The summed E-state index contributed by atoms with van der Waals surface area (Å²) in [5.74, 6) is -1.09. The Morgan fingerprint density at radius 2 is 1.88 bits per heavy atom. The van der Waals surface area contributed by atoms with Crippen molar-refractivity contribution in [3.63, 3.8) is 0 Å². The van der Waals surface area contributed by atoms with Crippen LogP contribution in [-0.4, -0.2) is 42.4 Å². The van der Waals surface area contributed by atoms with Crippen LogP contribution < -0.4 is 4.72 Å². The Balaban J connectivity index is 2.83. The number of hydrogen-bond acceptors (Lipinski definition) is 3. The molecule has 1 rings (SSSR count). The van der Waals surface area contributed by atoms with E-state index in [4.69, 9.17) is 5.11 Å². The second kappa shape index (κ2) is 4.68. The molecule has 1 aliphatic rings. The van der Waals surface area contributed by atoms with E-state index in [0.717, 1.165) is 6.42 Å². The van der Waals surface area contributed by atoms with Gasteiger partial charge in [-0.25, -0.2) is 0 Å². The summed E-state index contributed by atoms with van der Waals surface area (Å²) < 4.78 is 27.2. The van der Waals surface area contributed by atoms with Gasteiger partial charge in [-0.3, -0.25) is 4.79 Å². The van der Waals surface area contributed by atoms with Crippen LogP contribution in [0.5, 0.6) is 0 Å². The zero-order valence-corrected chi connectivity index (χ0v) is 10.4. The van der Waals surface area contributed by atoms with Crippen molar-refractivity contribution in [1.82, 2.24) is 9.03 Å². The third-order valence-corrected chi connectivity index (χ3v) is 4.83. The zero-order valence-electron chi connectivity index (χ0n) is 9.56. The molecule has 16 heavy (non-hydrogen) atoms. The van der Waals surface area contributed by atoms with Gasteiger partial charge < -0.3 is 5.11 Å².